The van der Waals surface area contributed by atoms with Gasteiger partial charge in [-0.2, -0.15) is 0 Å². The van der Waals surface area contributed by atoms with Crippen molar-refractivity contribution in [2.75, 3.05) is 0 Å². The van der Waals surface area contributed by atoms with E-state index in [9.17, 15) is 4.79 Å². The van der Waals surface area contributed by atoms with E-state index in [2.05, 4.69) is 6.58 Å². The Morgan fingerprint density at radius 3 is 2.17 bits per heavy atom. The summed E-state index contributed by atoms with van der Waals surface area (Å²) in [4.78, 5) is 11.8. The van der Waals surface area contributed by atoms with Gasteiger partial charge < -0.3 is 0 Å². The lowest BCUT2D eigenvalue weighted by molar-refractivity contribution is -0.129. The highest BCUT2D eigenvalue weighted by atomic mass is 16.1. The molecule has 0 unspecified atom stereocenters. The molecule has 0 aliphatic heterocycles. The third kappa shape index (κ3) is 2.20. The molecule has 0 bridgehead atoms. The molecule has 0 aromatic heterocycles. The maximum Gasteiger partial charge on any atom is 0.145 e. The topological polar surface area (TPSA) is 17.1 Å². The van der Waals surface area contributed by atoms with Crippen LogP contribution in [-0.4, -0.2) is 5.78 Å². The van der Waals surface area contributed by atoms with Gasteiger partial charge in [-0.1, -0.05) is 26.0 Å². The van der Waals surface area contributed by atoms with Crippen LogP contribution in [0.3, 0.4) is 0 Å². The Morgan fingerprint density at radius 2 is 1.92 bits per heavy atom. The smallest absolute Gasteiger partial charge is 0.145 e. The molecule has 0 saturated heterocycles. The molecule has 1 heteroatoms. The van der Waals surface area contributed by atoms with Crippen LogP contribution in [-0.2, 0) is 4.79 Å². The maximum absolute atomic E-state index is 11.8. The number of hydrogen-bond acceptors (Lipinski definition) is 1. The van der Waals surface area contributed by atoms with E-state index < -0.39 is 0 Å². The zero-order valence-electron chi connectivity index (χ0n) is 8.90. The average molecular weight is 168 g/mol. The van der Waals surface area contributed by atoms with Gasteiger partial charge in [-0.25, -0.2) is 0 Å². The molecule has 0 rings (SSSR count). The largest absolute Gasteiger partial charge is 0.298 e. The molecule has 0 fully saturated rings. The van der Waals surface area contributed by atoms with Crippen LogP contribution >= 0.6 is 0 Å². The van der Waals surface area contributed by atoms with Gasteiger partial charge in [0.05, 0.1) is 0 Å². The van der Waals surface area contributed by atoms with Crippen LogP contribution in [0, 0.1) is 11.3 Å². The summed E-state index contributed by atoms with van der Waals surface area (Å²) in [6.45, 7) is 13.7. The van der Waals surface area contributed by atoms with E-state index in [1.807, 2.05) is 34.6 Å². The van der Waals surface area contributed by atoms with E-state index in [0.717, 1.165) is 12.0 Å². The van der Waals surface area contributed by atoms with Crippen molar-refractivity contribution < 1.29 is 4.79 Å². The summed E-state index contributed by atoms with van der Waals surface area (Å²) in [5.74, 6) is 0.453. The molecule has 0 aliphatic carbocycles. The van der Waals surface area contributed by atoms with Crippen LogP contribution in [0.2, 0.25) is 0 Å². The predicted octanol–water partition coefficient (Wildman–Crippen LogP) is 3.20. The number of allylic oxidation sites excluding steroid dienone is 1. The molecular formula is C11H20O. The van der Waals surface area contributed by atoms with Crippen molar-refractivity contribution in [3.05, 3.63) is 12.2 Å². The summed E-state index contributed by atoms with van der Waals surface area (Å²) < 4.78 is 0. The molecule has 12 heavy (non-hydrogen) atoms. The van der Waals surface area contributed by atoms with E-state index in [4.69, 9.17) is 0 Å². The van der Waals surface area contributed by atoms with Crippen molar-refractivity contribution in [2.24, 2.45) is 11.3 Å². The van der Waals surface area contributed by atoms with Gasteiger partial charge in [-0.05, 0) is 27.2 Å². The Bertz CT molecular complexity index is 189. The first-order valence-corrected chi connectivity index (χ1v) is 4.54. The second-order valence-electron chi connectivity index (χ2n) is 4.08. The van der Waals surface area contributed by atoms with Gasteiger partial charge in [0.2, 0.25) is 0 Å². The Hall–Kier alpha value is -0.590. The van der Waals surface area contributed by atoms with Gasteiger partial charge in [0.25, 0.3) is 0 Å². The van der Waals surface area contributed by atoms with Gasteiger partial charge in [-0.3, -0.25) is 4.79 Å². The van der Waals surface area contributed by atoms with Crippen molar-refractivity contribution >= 4 is 5.78 Å². The molecule has 0 amide bonds. The standard InChI is InChI=1S/C11H20O/c1-7-9(4)10(12)11(5,6)8(2)3/h9H,2,7H2,1,3-6H3/t9-/m0/s1. The lowest BCUT2D eigenvalue weighted by atomic mass is 9.76. The summed E-state index contributed by atoms with van der Waals surface area (Å²) in [7, 11) is 0. The lowest BCUT2D eigenvalue weighted by Gasteiger charge is -2.26. The molecule has 0 N–H and O–H groups in total. The van der Waals surface area contributed by atoms with Crippen LogP contribution < -0.4 is 0 Å². The van der Waals surface area contributed by atoms with Gasteiger partial charge in [0.15, 0.2) is 0 Å². The van der Waals surface area contributed by atoms with Gasteiger partial charge >= 0.3 is 0 Å². The third-order valence-electron chi connectivity index (χ3n) is 2.74. The van der Waals surface area contributed by atoms with E-state index in [1.165, 1.54) is 0 Å². The number of ketones is 1. The fourth-order valence-electron chi connectivity index (χ4n) is 1.01. The minimum absolute atomic E-state index is 0.150. The van der Waals surface area contributed by atoms with Crippen molar-refractivity contribution in [1.29, 1.82) is 0 Å². The fourth-order valence-corrected chi connectivity index (χ4v) is 1.01. The van der Waals surface area contributed by atoms with Crippen molar-refractivity contribution in [1.82, 2.24) is 0 Å². The molecule has 0 aromatic rings. The SMILES string of the molecule is C=C(C)C(C)(C)C(=O)[C@@H](C)CC. The third-order valence-corrected chi connectivity index (χ3v) is 2.74. The second kappa shape index (κ2) is 3.88. The van der Waals surface area contributed by atoms with Crippen LogP contribution in [0.5, 0.6) is 0 Å². The molecule has 1 atom stereocenters. The summed E-state index contributed by atoms with van der Waals surface area (Å²) in [6.07, 6.45) is 0.912. The van der Waals surface area contributed by atoms with Crippen LogP contribution in [0.4, 0.5) is 0 Å². The number of hydrogen-bond donors (Lipinski definition) is 0. The van der Waals surface area contributed by atoms with E-state index in [-0.39, 0.29) is 11.3 Å². The summed E-state index contributed by atoms with van der Waals surface area (Å²) >= 11 is 0. The first-order valence-electron chi connectivity index (χ1n) is 4.54. The quantitative estimate of drug-likeness (QED) is 0.589. The molecule has 70 valence electrons. The number of carbonyl (C=O) groups is 1. The maximum atomic E-state index is 11.8. The highest BCUT2D eigenvalue weighted by molar-refractivity contribution is 5.88. The Kier molecular flexibility index (Phi) is 3.69. The molecular weight excluding hydrogens is 148 g/mol. The molecule has 0 radical (unpaired) electrons. The first-order chi connectivity index (χ1) is 5.34. The summed E-state index contributed by atoms with van der Waals surface area (Å²) in [5, 5.41) is 0. The second-order valence-corrected chi connectivity index (χ2v) is 4.08. The molecule has 0 heterocycles. The lowest BCUT2D eigenvalue weighted by Crippen LogP contribution is -2.30. The fraction of sp³-hybridized carbons (Fsp3) is 0.727. The predicted molar refractivity (Wildman–Crippen MR) is 53.1 cm³/mol. The van der Waals surface area contributed by atoms with Gasteiger partial charge in [0.1, 0.15) is 5.78 Å². The van der Waals surface area contributed by atoms with Crippen molar-refractivity contribution in [3.63, 3.8) is 0 Å². The number of rotatable bonds is 4. The molecule has 1 nitrogen and oxygen atoms in total. The molecule has 0 aromatic carbocycles. The van der Waals surface area contributed by atoms with Crippen LogP contribution in [0.25, 0.3) is 0 Å². The average Bonchev–Trinajstić information content (AvgIpc) is 2.01. The van der Waals surface area contributed by atoms with Gasteiger partial charge in [-0.15, -0.1) is 0 Å². The van der Waals surface area contributed by atoms with Gasteiger partial charge in [0, 0.05) is 11.3 Å². The Morgan fingerprint density at radius 1 is 1.50 bits per heavy atom. The van der Waals surface area contributed by atoms with E-state index in [1.54, 1.807) is 0 Å². The summed E-state index contributed by atoms with van der Waals surface area (Å²) in [5.41, 5.74) is 0.600. The van der Waals surface area contributed by atoms with Crippen molar-refractivity contribution in [2.45, 2.75) is 41.0 Å². The minimum atomic E-state index is -0.352. The zero-order chi connectivity index (χ0) is 9.94. The van der Waals surface area contributed by atoms with Crippen LogP contribution in [0.1, 0.15) is 41.0 Å². The molecule has 0 saturated carbocycles. The Labute approximate surface area is 75.9 Å². The van der Waals surface area contributed by atoms with E-state index >= 15 is 0 Å². The molecule has 0 aliphatic rings. The number of Topliss-reactive ketones (excluding diaryl/α,β-unsaturated/α-hetero) is 1. The first kappa shape index (κ1) is 11.4. The highest BCUT2D eigenvalue weighted by Crippen LogP contribution is 2.29. The minimum Gasteiger partial charge on any atom is -0.298 e. The van der Waals surface area contributed by atoms with E-state index in [0.29, 0.717) is 5.78 Å². The highest BCUT2D eigenvalue weighted by Gasteiger charge is 2.30. The molecule has 0 spiro atoms. The normalized spacial score (nSPS) is 14.1. The monoisotopic (exact) mass is 168 g/mol. The zero-order valence-corrected chi connectivity index (χ0v) is 8.90. The summed E-state index contributed by atoms with van der Waals surface area (Å²) in [6, 6.07) is 0. The van der Waals surface area contributed by atoms with Crippen molar-refractivity contribution in [3.8, 4) is 0 Å². The Balaban J connectivity index is 4.57. The van der Waals surface area contributed by atoms with Crippen LogP contribution in [0.15, 0.2) is 12.2 Å². The number of carbonyl (C=O) groups excluding carboxylic acids is 1.